The van der Waals surface area contributed by atoms with Crippen LogP contribution in [0.25, 0.3) is 0 Å². The van der Waals surface area contributed by atoms with Crippen LogP contribution in [0.1, 0.15) is 309 Å². The van der Waals surface area contributed by atoms with E-state index in [0.29, 0.717) is 17.4 Å². The normalized spacial score (nSPS) is 14.1. The molecule has 0 radical (unpaired) electrons. The molecule has 0 fully saturated rings. The number of allylic oxidation sites excluding steroid dienone is 34. The van der Waals surface area contributed by atoms with Crippen molar-refractivity contribution in [3.8, 4) is 0 Å². The average Bonchev–Trinajstić information content (AvgIpc) is 0.916. The van der Waals surface area contributed by atoms with Crippen molar-refractivity contribution in [2.24, 2.45) is 0 Å². The van der Waals surface area contributed by atoms with Crippen LogP contribution in [0.15, 0.2) is 207 Å². The summed E-state index contributed by atoms with van der Waals surface area (Å²) in [5.74, 6) is -0.806. The fraction of sp³-hybridized carbons (Fsp3) is 0.609. The van der Waals surface area contributed by atoms with E-state index in [1.54, 1.807) is 0 Å². The average molecular weight is 1430 g/mol. The monoisotopic (exact) mass is 1430 g/mol. The zero-order valence-corrected chi connectivity index (χ0v) is 66.7. The summed E-state index contributed by atoms with van der Waals surface area (Å²) in [5.41, 5.74) is 0. The number of quaternary nitrogens is 1. The van der Waals surface area contributed by atoms with Gasteiger partial charge in [0.05, 0.1) is 27.7 Å². The predicted molar refractivity (Wildman–Crippen MR) is 445 cm³/mol. The number of likely N-dealkylation sites (N-methyl/N-ethyl adjacent to an activating group) is 1. The highest BCUT2D eigenvalue weighted by Gasteiger charge is 2.27. The zero-order chi connectivity index (χ0) is 74.0. The maximum Gasteiger partial charge on any atom is 0.472 e. The Morgan fingerprint density at radius 1 is 0.304 bits per heavy atom. The summed E-state index contributed by atoms with van der Waals surface area (Å²) >= 11 is 0. The van der Waals surface area contributed by atoms with Crippen molar-refractivity contribution in [2.45, 2.75) is 315 Å². The molecule has 0 aliphatic carbocycles. The molecule has 9 nitrogen and oxygen atoms in total. The summed E-state index contributed by atoms with van der Waals surface area (Å²) in [6, 6.07) is 0. The van der Waals surface area contributed by atoms with Gasteiger partial charge >= 0.3 is 19.8 Å². The molecule has 0 saturated heterocycles. The van der Waals surface area contributed by atoms with E-state index in [-0.39, 0.29) is 32.0 Å². The van der Waals surface area contributed by atoms with Gasteiger partial charge in [-0.05, 0) is 148 Å². The molecule has 10 heteroatoms. The van der Waals surface area contributed by atoms with Crippen molar-refractivity contribution < 1.29 is 42.1 Å². The molecule has 0 aliphatic heterocycles. The lowest BCUT2D eigenvalue weighted by Gasteiger charge is -2.24. The van der Waals surface area contributed by atoms with Gasteiger partial charge < -0.3 is 18.9 Å². The van der Waals surface area contributed by atoms with Crippen LogP contribution in [0.4, 0.5) is 0 Å². The number of phosphoric ester groups is 1. The minimum atomic E-state index is -4.41. The molecule has 0 aromatic carbocycles. The number of ether oxygens (including phenoxy) is 2. The Balaban J connectivity index is 4.05. The van der Waals surface area contributed by atoms with E-state index in [0.717, 1.165) is 148 Å². The van der Waals surface area contributed by atoms with E-state index in [9.17, 15) is 19.0 Å². The molecule has 0 spiro atoms. The van der Waals surface area contributed by atoms with E-state index >= 15 is 0 Å². The summed E-state index contributed by atoms with van der Waals surface area (Å²) in [5, 5.41) is 0. The van der Waals surface area contributed by atoms with Gasteiger partial charge in [-0.3, -0.25) is 18.6 Å². The Morgan fingerprint density at radius 2 is 0.529 bits per heavy atom. The summed E-state index contributed by atoms with van der Waals surface area (Å²) < 4.78 is 34.8. The molecule has 0 aromatic rings. The number of rotatable bonds is 73. The van der Waals surface area contributed by atoms with Crippen molar-refractivity contribution in [1.82, 2.24) is 0 Å². The van der Waals surface area contributed by atoms with Crippen LogP contribution in [0, 0.1) is 0 Å². The van der Waals surface area contributed by atoms with E-state index in [1.807, 2.05) is 21.1 Å². The zero-order valence-electron chi connectivity index (χ0n) is 65.8. The maximum absolute atomic E-state index is 12.9. The second kappa shape index (κ2) is 79.7. The summed E-state index contributed by atoms with van der Waals surface area (Å²) in [6.07, 6.45) is 125. The van der Waals surface area contributed by atoms with Gasteiger partial charge in [-0.1, -0.05) is 355 Å². The van der Waals surface area contributed by atoms with Crippen LogP contribution in [-0.2, 0) is 32.7 Å². The van der Waals surface area contributed by atoms with Crippen molar-refractivity contribution in [1.29, 1.82) is 0 Å². The molecule has 0 saturated carbocycles. The maximum atomic E-state index is 12.9. The molecule has 0 bridgehead atoms. The number of esters is 2. The largest absolute Gasteiger partial charge is 0.472 e. The van der Waals surface area contributed by atoms with Crippen LogP contribution in [0.3, 0.4) is 0 Å². The number of hydrogen-bond donors (Lipinski definition) is 1. The molecular weight excluding hydrogens is 1280 g/mol. The first-order valence-electron chi connectivity index (χ1n) is 40.8. The molecule has 0 amide bonds. The second-order valence-corrected chi connectivity index (χ2v) is 29.1. The third-order valence-corrected chi connectivity index (χ3v) is 17.8. The van der Waals surface area contributed by atoms with Gasteiger partial charge in [0.25, 0.3) is 0 Å². The summed E-state index contributed by atoms with van der Waals surface area (Å²) in [7, 11) is 1.46. The van der Waals surface area contributed by atoms with E-state index in [2.05, 4.69) is 220 Å². The number of phosphoric acid groups is 1. The van der Waals surface area contributed by atoms with Gasteiger partial charge in [-0.25, -0.2) is 4.57 Å². The van der Waals surface area contributed by atoms with Crippen LogP contribution >= 0.6 is 7.82 Å². The highest BCUT2D eigenvalue weighted by atomic mass is 31.2. The number of carbonyl (C=O) groups excluding carboxylic acids is 2. The van der Waals surface area contributed by atoms with E-state index < -0.39 is 26.5 Å². The van der Waals surface area contributed by atoms with Crippen LogP contribution in [0.5, 0.6) is 0 Å². The minimum absolute atomic E-state index is 0.0228. The van der Waals surface area contributed by atoms with Crippen molar-refractivity contribution in [2.75, 3.05) is 47.5 Å². The first-order valence-corrected chi connectivity index (χ1v) is 42.3. The van der Waals surface area contributed by atoms with Crippen molar-refractivity contribution in [3.05, 3.63) is 207 Å². The predicted octanol–water partition coefficient (Wildman–Crippen LogP) is 27.7. The van der Waals surface area contributed by atoms with Crippen LogP contribution in [0.2, 0.25) is 0 Å². The van der Waals surface area contributed by atoms with Gasteiger partial charge in [0.1, 0.15) is 19.8 Å². The lowest BCUT2D eigenvalue weighted by atomic mass is 10.0. The second-order valence-electron chi connectivity index (χ2n) is 27.7. The number of nitrogens with zero attached hydrogens (tertiary/aromatic N) is 1. The fourth-order valence-electron chi connectivity index (χ4n) is 10.7. The Kier molecular flexibility index (Phi) is 75.5. The highest BCUT2D eigenvalue weighted by Crippen LogP contribution is 2.43. The molecule has 0 aliphatic rings. The minimum Gasteiger partial charge on any atom is -0.462 e. The number of unbranched alkanes of at least 4 members (excludes halogenated alkanes) is 25. The highest BCUT2D eigenvalue weighted by molar-refractivity contribution is 7.47. The SMILES string of the molecule is CC/C=C\C/C=C\C/C=C\C/C=C\C/C=C\C/C=C\C/C=C\C/C=C\C/C=C\CCCCCCCCCCCCCCCC(=O)OC(COC(=O)CCCCCCCCCCCCCC/C=C\C/C=C\C/C=C\C/C=C\C/C=C\C/C=C\C/C=C\C/C=C\CC)COP(=O)(O)OCC[N+](C)(C)C. The quantitative estimate of drug-likeness (QED) is 0.0211. The van der Waals surface area contributed by atoms with Gasteiger partial charge in [-0.15, -0.1) is 0 Å². The fourth-order valence-corrected chi connectivity index (χ4v) is 11.4. The number of carbonyl (C=O) groups is 2. The Labute approximate surface area is 627 Å². The van der Waals surface area contributed by atoms with Gasteiger partial charge in [-0.2, -0.15) is 0 Å². The first kappa shape index (κ1) is 96.6. The topological polar surface area (TPSA) is 108 Å². The van der Waals surface area contributed by atoms with Gasteiger partial charge in [0.2, 0.25) is 0 Å². The molecular formula is C92H151NO8P+. The van der Waals surface area contributed by atoms with Gasteiger partial charge in [0, 0.05) is 12.8 Å². The summed E-state index contributed by atoms with van der Waals surface area (Å²) in [6.45, 7) is 4.20. The van der Waals surface area contributed by atoms with Gasteiger partial charge in [0.15, 0.2) is 6.10 Å². The molecule has 2 atom stereocenters. The van der Waals surface area contributed by atoms with E-state index in [1.165, 1.54) is 128 Å². The molecule has 0 aromatic heterocycles. The molecule has 0 rings (SSSR count). The summed E-state index contributed by atoms with van der Waals surface area (Å²) in [4.78, 5) is 36.0. The third kappa shape index (κ3) is 83.5. The van der Waals surface area contributed by atoms with Crippen molar-refractivity contribution in [3.63, 3.8) is 0 Å². The third-order valence-electron chi connectivity index (χ3n) is 16.8. The molecule has 102 heavy (non-hydrogen) atoms. The lowest BCUT2D eigenvalue weighted by Crippen LogP contribution is -2.37. The van der Waals surface area contributed by atoms with Crippen molar-refractivity contribution >= 4 is 19.8 Å². The molecule has 2 unspecified atom stereocenters. The Hall–Kier alpha value is -5.41. The molecule has 1 N–H and O–H groups in total. The van der Waals surface area contributed by atoms with E-state index in [4.69, 9.17) is 18.5 Å². The smallest absolute Gasteiger partial charge is 0.462 e. The van der Waals surface area contributed by atoms with Crippen LogP contribution in [-0.4, -0.2) is 74.9 Å². The standard InChI is InChI=1S/C92H150NO8P/c1-6-8-10-12-14-16-18-20-22-24-26-28-30-32-34-36-38-40-42-44-45-46-47-49-51-53-55-57-59-61-63-65-67-69-71-73-75-77-79-81-83-85-92(95)101-90(89-100-102(96,97)99-87-86-93(3,4)5)88-98-91(94)84-82-80-78-76-74-72-70-68-66-64-62-60-58-56-54-52-50-48-43-41-39-37-35-33-31-29-27-25-23-21-19-17-15-13-11-9-7-2/h8-11,14-17,20-23,26-29,32-35,38-41,44-45,47-50,53-56,90H,6-7,12-13,18-19,24-25,30-31,36-37,42-43,46,51-52,57-89H2,1-5H3/p+1/b10-8-,11-9-,16-14-,17-15-,22-20-,23-21-,28-26-,29-27-,34-32-,35-33-,40-38-,41-39-,45-44-,49-47-,50-48-,55-53-,56-54-. The molecule has 576 valence electrons. The van der Waals surface area contributed by atoms with Crippen LogP contribution < -0.4 is 0 Å². The Morgan fingerprint density at radius 3 is 0.784 bits per heavy atom. The Bertz CT molecular complexity index is 2480. The first-order chi connectivity index (χ1) is 50.0. The molecule has 0 heterocycles. The lowest BCUT2D eigenvalue weighted by molar-refractivity contribution is -0.870. The number of hydrogen-bond acceptors (Lipinski definition) is 7.